The molecule has 0 aromatic heterocycles. The second kappa shape index (κ2) is 7.44. The minimum Gasteiger partial charge on any atom is -0.376 e. The van der Waals surface area contributed by atoms with Crippen LogP contribution >= 0.6 is 12.6 Å². The Balaban J connectivity index is 2.35. The van der Waals surface area contributed by atoms with Gasteiger partial charge in [-0.1, -0.05) is 30.3 Å². The number of rotatable bonds is 7. The third kappa shape index (κ3) is 5.10. The molecule has 1 aromatic rings. The Morgan fingerprint density at radius 2 is 2.00 bits per heavy atom. The maximum atomic E-state index is 11.8. The predicted molar refractivity (Wildman–Crippen MR) is 76.7 cm³/mol. The summed E-state index contributed by atoms with van der Waals surface area (Å²) in [5.41, 5.74) is 0.599. The highest BCUT2D eigenvalue weighted by Crippen LogP contribution is 2.16. The van der Waals surface area contributed by atoms with Crippen LogP contribution in [0.1, 0.15) is 19.4 Å². The maximum Gasteiger partial charge on any atom is 0.228 e. The predicted octanol–water partition coefficient (Wildman–Crippen LogP) is 2.28. The van der Waals surface area contributed by atoms with Gasteiger partial charge in [-0.15, -0.1) is 0 Å². The van der Waals surface area contributed by atoms with Gasteiger partial charge in [-0.3, -0.25) is 4.79 Å². The molecule has 3 nitrogen and oxygen atoms in total. The monoisotopic (exact) mass is 267 g/mol. The summed E-state index contributed by atoms with van der Waals surface area (Å²) in [5.74, 6) is 0.650. The van der Waals surface area contributed by atoms with Crippen LogP contribution in [-0.2, 0) is 16.1 Å². The first-order chi connectivity index (χ1) is 8.56. The molecule has 0 radical (unpaired) electrons. The highest BCUT2D eigenvalue weighted by molar-refractivity contribution is 7.80. The minimum atomic E-state index is -0.516. The van der Waals surface area contributed by atoms with Gasteiger partial charge in [0.1, 0.15) is 0 Å². The van der Waals surface area contributed by atoms with Crippen molar-refractivity contribution in [2.75, 3.05) is 18.9 Å². The topological polar surface area (TPSA) is 38.3 Å². The molecule has 0 bridgehead atoms. The maximum absolute atomic E-state index is 11.8. The van der Waals surface area contributed by atoms with E-state index in [1.165, 1.54) is 0 Å². The van der Waals surface area contributed by atoms with Crippen molar-refractivity contribution in [3.63, 3.8) is 0 Å². The van der Waals surface area contributed by atoms with Gasteiger partial charge in [0.2, 0.25) is 5.91 Å². The molecule has 0 unspecified atom stereocenters. The number of hydrogen-bond acceptors (Lipinski definition) is 3. The Hall–Kier alpha value is -1.00. The van der Waals surface area contributed by atoms with E-state index in [2.05, 4.69) is 17.9 Å². The van der Waals surface area contributed by atoms with E-state index in [4.69, 9.17) is 4.74 Å². The van der Waals surface area contributed by atoms with Crippen molar-refractivity contribution in [3.8, 4) is 0 Å². The molecule has 0 aliphatic carbocycles. The molecule has 1 aromatic carbocycles. The Morgan fingerprint density at radius 1 is 1.33 bits per heavy atom. The zero-order chi connectivity index (χ0) is 13.4. The third-order valence-electron chi connectivity index (χ3n) is 2.59. The molecule has 0 saturated carbocycles. The van der Waals surface area contributed by atoms with Gasteiger partial charge in [0.05, 0.1) is 18.6 Å². The molecule has 1 N–H and O–H groups in total. The number of benzene rings is 1. The van der Waals surface area contributed by atoms with Gasteiger partial charge >= 0.3 is 0 Å². The van der Waals surface area contributed by atoms with E-state index in [-0.39, 0.29) is 5.91 Å². The first kappa shape index (κ1) is 15.1. The Kier molecular flexibility index (Phi) is 6.22. The lowest BCUT2D eigenvalue weighted by molar-refractivity contribution is -0.132. The van der Waals surface area contributed by atoms with E-state index in [1.807, 2.05) is 44.2 Å². The number of nitrogens with one attached hydrogen (secondary N) is 1. The SMILES string of the molecule is CC(C)(COCc1ccccc1)C(=O)NCCS. The zero-order valence-corrected chi connectivity index (χ0v) is 11.9. The fourth-order valence-corrected chi connectivity index (χ4v) is 1.58. The zero-order valence-electron chi connectivity index (χ0n) is 11.0. The molecule has 0 fully saturated rings. The number of amides is 1. The molecular weight excluding hydrogens is 246 g/mol. The molecule has 100 valence electrons. The summed E-state index contributed by atoms with van der Waals surface area (Å²) in [6, 6.07) is 9.94. The van der Waals surface area contributed by atoms with Gasteiger partial charge in [-0.25, -0.2) is 0 Å². The highest BCUT2D eigenvalue weighted by atomic mass is 32.1. The minimum absolute atomic E-state index is 0.00427. The number of carbonyl (C=O) groups is 1. The molecular formula is C14H21NO2S. The standard InChI is InChI=1S/C14H21NO2S/c1-14(2,13(16)15-8-9-18)11-17-10-12-6-4-3-5-7-12/h3-7,18H,8-11H2,1-2H3,(H,15,16). The Labute approximate surface area is 114 Å². The van der Waals surface area contributed by atoms with Crippen LogP contribution in [0.15, 0.2) is 30.3 Å². The van der Waals surface area contributed by atoms with Gasteiger partial charge in [0.25, 0.3) is 0 Å². The molecule has 18 heavy (non-hydrogen) atoms. The van der Waals surface area contributed by atoms with Gasteiger partial charge in [0.15, 0.2) is 0 Å². The van der Waals surface area contributed by atoms with Crippen LogP contribution in [0.5, 0.6) is 0 Å². The van der Waals surface area contributed by atoms with Crippen molar-refractivity contribution in [2.45, 2.75) is 20.5 Å². The van der Waals surface area contributed by atoms with Crippen molar-refractivity contribution < 1.29 is 9.53 Å². The van der Waals surface area contributed by atoms with Crippen molar-refractivity contribution in [1.82, 2.24) is 5.32 Å². The molecule has 1 rings (SSSR count). The van der Waals surface area contributed by atoms with Crippen molar-refractivity contribution in [1.29, 1.82) is 0 Å². The van der Waals surface area contributed by atoms with Gasteiger partial charge < -0.3 is 10.1 Å². The van der Waals surface area contributed by atoms with E-state index in [1.54, 1.807) is 0 Å². The van der Waals surface area contributed by atoms with Crippen molar-refractivity contribution >= 4 is 18.5 Å². The fourth-order valence-electron chi connectivity index (χ4n) is 1.47. The van der Waals surface area contributed by atoms with Crippen LogP contribution in [0.2, 0.25) is 0 Å². The molecule has 0 spiro atoms. The van der Waals surface area contributed by atoms with E-state index in [0.29, 0.717) is 25.5 Å². The molecule has 4 heteroatoms. The van der Waals surface area contributed by atoms with Gasteiger partial charge in [-0.2, -0.15) is 12.6 Å². The highest BCUT2D eigenvalue weighted by Gasteiger charge is 2.27. The lowest BCUT2D eigenvalue weighted by Gasteiger charge is -2.23. The molecule has 0 aliphatic rings. The normalized spacial score (nSPS) is 11.3. The van der Waals surface area contributed by atoms with E-state index in [9.17, 15) is 4.79 Å². The van der Waals surface area contributed by atoms with Crippen molar-refractivity contribution in [2.24, 2.45) is 5.41 Å². The first-order valence-electron chi connectivity index (χ1n) is 6.07. The number of hydrogen-bond donors (Lipinski definition) is 2. The first-order valence-corrected chi connectivity index (χ1v) is 6.70. The van der Waals surface area contributed by atoms with Crippen molar-refractivity contribution in [3.05, 3.63) is 35.9 Å². The summed E-state index contributed by atoms with van der Waals surface area (Å²) in [5, 5.41) is 2.83. The van der Waals surface area contributed by atoms with Crippen LogP contribution in [0, 0.1) is 5.41 Å². The summed E-state index contributed by atoms with van der Waals surface area (Å²) in [4.78, 5) is 11.8. The summed E-state index contributed by atoms with van der Waals surface area (Å²) in [6.45, 7) is 5.28. The summed E-state index contributed by atoms with van der Waals surface area (Å²) in [7, 11) is 0. The fraction of sp³-hybridized carbons (Fsp3) is 0.500. The number of ether oxygens (including phenoxy) is 1. The Morgan fingerprint density at radius 3 is 2.61 bits per heavy atom. The van der Waals surface area contributed by atoms with E-state index < -0.39 is 5.41 Å². The summed E-state index contributed by atoms with van der Waals surface area (Å²) >= 11 is 4.06. The molecule has 1 amide bonds. The number of carbonyl (C=O) groups excluding carboxylic acids is 1. The second-order valence-electron chi connectivity index (χ2n) is 4.84. The van der Waals surface area contributed by atoms with Crippen LogP contribution in [0.4, 0.5) is 0 Å². The van der Waals surface area contributed by atoms with Gasteiger partial charge in [0, 0.05) is 12.3 Å². The third-order valence-corrected chi connectivity index (χ3v) is 2.81. The van der Waals surface area contributed by atoms with Crippen LogP contribution in [0.25, 0.3) is 0 Å². The largest absolute Gasteiger partial charge is 0.376 e. The average Bonchev–Trinajstić information content (AvgIpc) is 2.37. The lowest BCUT2D eigenvalue weighted by atomic mass is 9.93. The Bertz CT molecular complexity index is 365. The van der Waals surface area contributed by atoms with Gasteiger partial charge in [-0.05, 0) is 19.4 Å². The van der Waals surface area contributed by atoms with E-state index in [0.717, 1.165) is 5.56 Å². The second-order valence-corrected chi connectivity index (χ2v) is 5.29. The molecule has 0 heterocycles. The van der Waals surface area contributed by atoms with Crippen LogP contribution in [0.3, 0.4) is 0 Å². The molecule has 0 aliphatic heterocycles. The lowest BCUT2D eigenvalue weighted by Crippen LogP contribution is -2.40. The van der Waals surface area contributed by atoms with Crippen LogP contribution < -0.4 is 5.32 Å². The van der Waals surface area contributed by atoms with E-state index >= 15 is 0 Å². The number of thiol groups is 1. The molecule has 0 saturated heterocycles. The smallest absolute Gasteiger partial charge is 0.228 e. The summed E-state index contributed by atoms with van der Waals surface area (Å²) in [6.07, 6.45) is 0. The average molecular weight is 267 g/mol. The quantitative estimate of drug-likeness (QED) is 0.744. The van der Waals surface area contributed by atoms with Crippen LogP contribution in [-0.4, -0.2) is 24.8 Å². The molecule has 0 atom stereocenters. The summed E-state index contributed by atoms with van der Waals surface area (Å²) < 4.78 is 5.61.